The first-order valence-electron chi connectivity index (χ1n) is 5.37. The number of anilines is 2. The van der Waals surface area contributed by atoms with Crippen LogP contribution in [-0.4, -0.2) is 19.1 Å². The number of nitrogen functional groups attached to an aromatic ring is 1. The highest BCUT2D eigenvalue weighted by atomic mass is 16.5. The summed E-state index contributed by atoms with van der Waals surface area (Å²) in [5.41, 5.74) is 8.11. The van der Waals surface area contributed by atoms with Gasteiger partial charge in [0.15, 0.2) is 0 Å². The van der Waals surface area contributed by atoms with Gasteiger partial charge in [0.1, 0.15) is 6.61 Å². The fourth-order valence-corrected chi connectivity index (χ4v) is 1.22. The Labute approximate surface area is 95.8 Å². The molecular weight excluding hydrogens is 204 g/mol. The smallest absolute Gasteiger partial charge is 0.250 e. The van der Waals surface area contributed by atoms with E-state index in [1.54, 1.807) is 6.07 Å². The molecule has 88 valence electrons. The van der Waals surface area contributed by atoms with E-state index >= 15 is 0 Å². The van der Waals surface area contributed by atoms with Crippen molar-refractivity contribution in [3.63, 3.8) is 0 Å². The highest BCUT2D eigenvalue weighted by Crippen LogP contribution is 2.16. The monoisotopic (exact) mass is 222 g/mol. The molecule has 0 saturated carbocycles. The molecule has 0 fully saturated rings. The first-order valence-corrected chi connectivity index (χ1v) is 5.37. The number of rotatable bonds is 5. The predicted octanol–water partition coefficient (Wildman–Crippen LogP) is 1.94. The van der Waals surface area contributed by atoms with Crippen LogP contribution in [0.5, 0.6) is 0 Å². The maximum Gasteiger partial charge on any atom is 0.250 e. The molecule has 3 N–H and O–H groups in total. The minimum atomic E-state index is -0.156. The molecule has 0 aromatic heterocycles. The highest BCUT2D eigenvalue weighted by molar-refractivity contribution is 5.92. The van der Waals surface area contributed by atoms with Gasteiger partial charge in [-0.2, -0.15) is 0 Å². The van der Waals surface area contributed by atoms with Gasteiger partial charge in [0.2, 0.25) is 5.91 Å². The summed E-state index contributed by atoms with van der Waals surface area (Å²) in [4.78, 5) is 11.4. The fourth-order valence-electron chi connectivity index (χ4n) is 1.22. The van der Waals surface area contributed by atoms with Gasteiger partial charge in [-0.3, -0.25) is 4.79 Å². The van der Waals surface area contributed by atoms with Crippen LogP contribution in [0.25, 0.3) is 0 Å². The minimum absolute atomic E-state index is 0.0849. The van der Waals surface area contributed by atoms with Crippen molar-refractivity contribution in [2.45, 2.75) is 20.3 Å². The van der Waals surface area contributed by atoms with E-state index in [1.807, 2.05) is 26.0 Å². The molecule has 16 heavy (non-hydrogen) atoms. The van der Waals surface area contributed by atoms with E-state index in [9.17, 15) is 4.79 Å². The first-order chi connectivity index (χ1) is 7.63. The van der Waals surface area contributed by atoms with Crippen molar-refractivity contribution in [1.29, 1.82) is 0 Å². The van der Waals surface area contributed by atoms with Crippen LogP contribution in [0.4, 0.5) is 11.4 Å². The van der Waals surface area contributed by atoms with Crippen molar-refractivity contribution in [3.8, 4) is 0 Å². The predicted molar refractivity (Wildman–Crippen MR) is 65.3 cm³/mol. The molecule has 0 bridgehead atoms. The third-order valence-corrected chi connectivity index (χ3v) is 2.14. The van der Waals surface area contributed by atoms with Gasteiger partial charge in [0, 0.05) is 18.0 Å². The molecule has 0 spiro atoms. The van der Waals surface area contributed by atoms with Crippen LogP contribution in [0, 0.1) is 6.92 Å². The minimum Gasteiger partial charge on any atom is -0.398 e. The van der Waals surface area contributed by atoms with Crippen molar-refractivity contribution in [1.82, 2.24) is 0 Å². The maximum atomic E-state index is 11.4. The van der Waals surface area contributed by atoms with E-state index in [4.69, 9.17) is 10.5 Å². The Morgan fingerprint density at radius 1 is 1.50 bits per heavy atom. The van der Waals surface area contributed by atoms with Gasteiger partial charge in [0.05, 0.1) is 0 Å². The number of aryl methyl sites for hydroxylation is 1. The van der Waals surface area contributed by atoms with E-state index in [1.165, 1.54) is 0 Å². The van der Waals surface area contributed by atoms with Gasteiger partial charge >= 0.3 is 0 Å². The number of nitrogens with two attached hydrogens (primary N) is 1. The first kappa shape index (κ1) is 12.5. The van der Waals surface area contributed by atoms with E-state index in [0.717, 1.165) is 12.0 Å². The molecular formula is C12H18N2O2. The molecule has 0 aliphatic heterocycles. The second-order valence-electron chi connectivity index (χ2n) is 3.67. The second kappa shape index (κ2) is 6.12. The summed E-state index contributed by atoms with van der Waals surface area (Å²) in [7, 11) is 0. The molecule has 1 aromatic rings. The molecule has 0 aliphatic carbocycles. The largest absolute Gasteiger partial charge is 0.398 e. The third kappa shape index (κ3) is 3.90. The topological polar surface area (TPSA) is 64.3 Å². The van der Waals surface area contributed by atoms with Gasteiger partial charge in [-0.15, -0.1) is 0 Å². The van der Waals surface area contributed by atoms with E-state index in [-0.39, 0.29) is 12.5 Å². The normalized spacial score (nSPS) is 10.1. The molecule has 1 amide bonds. The molecule has 1 aromatic carbocycles. The lowest BCUT2D eigenvalue weighted by molar-refractivity contribution is -0.120. The van der Waals surface area contributed by atoms with Crippen LogP contribution in [-0.2, 0) is 9.53 Å². The SMILES string of the molecule is CCCOCC(=O)Nc1ccc(C)c(N)c1. The number of hydrogen-bond acceptors (Lipinski definition) is 3. The fraction of sp³-hybridized carbons (Fsp3) is 0.417. The summed E-state index contributed by atoms with van der Waals surface area (Å²) in [6.45, 7) is 4.61. The second-order valence-corrected chi connectivity index (χ2v) is 3.67. The Hall–Kier alpha value is -1.55. The Morgan fingerprint density at radius 2 is 2.25 bits per heavy atom. The van der Waals surface area contributed by atoms with Gasteiger partial charge in [-0.25, -0.2) is 0 Å². The number of carbonyl (C=O) groups excluding carboxylic acids is 1. The lowest BCUT2D eigenvalue weighted by Gasteiger charge is -2.07. The van der Waals surface area contributed by atoms with Crippen molar-refractivity contribution < 1.29 is 9.53 Å². The van der Waals surface area contributed by atoms with Crippen molar-refractivity contribution >= 4 is 17.3 Å². The maximum absolute atomic E-state index is 11.4. The van der Waals surface area contributed by atoms with Crippen molar-refractivity contribution in [3.05, 3.63) is 23.8 Å². The lowest BCUT2D eigenvalue weighted by Crippen LogP contribution is -2.18. The Morgan fingerprint density at radius 3 is 2.88 bits per heavy atom. The Kier molecular flexibility index (Phi) is 4.79. The summed E-state index contributed by atoms with van der Waals surface area (Å²) >= 11 is 0. The van der Waals surface area contributed by atoms with E-state index in [0.29, 0.717) is 18.0 Å². The molecule has 0 radical (unpaired) electrons. The molecule has 1 rings (SSSR count). The molecule has 0 aliphatic rings. The van der Waals surface area contributed by atoms with Crippen LogP contribution in [0.1, 0.15) is 18.9 Å². The average Bonchev–Trinajstić information content (AvgIpc) is 2.24. The number of ether oxygens (including phenoxy) is 1. The number of amides is 1. The van der Waals surface area contributed by atoms with Crippen LogP contribution >= 0.6 is 0 Å². The van der Waals surface area contributed by atoms with E-state index < -0.39 is 0 Å². The zero-order valence-corrected chi connectivity index (χ0v) is 9.75. The number of carbonyl (C=O) groups is 1. The summed E-state index contributed by atoms with van der Waals surface area (Å²) in [6, 6.07) is 5.44. The van der Waals surface area contributed by atoms with Crippen LogP contribution in [0.3, 0.4) is 0 Å². The molecule has 0 saturated heterocycles. The Bertz CT molecular complexity index is 364. The molecule has 0 atom stereocenters. The zero-order valence-electron chi connectivity index (χ0n) is 9.75. The quantitative estimate of drug-likeness (QED) is 0.591. The number of nitrogens with one attached hydrogen (secondary N) is 1. The third-order valence-electron chi connectivity index (χ3n) is 2.14. The summed E-state index contributed by atoms with van der Waals surface area (Å²) in [5, 5.41) is 2.72. The average molecular weight is 222 g/mol. The van der Waals surface area contributed by atoms with Gasteiger partial charge in [-0.1, -0.05) is 13.0 Å². The van der Waals surface area contributed by atoms with Crippen LogP contribution < -0.4 is 11.1 Å². The number of benzene rings is 1. The van der Waals surface area contributed by atoms with Gasteiger partial charge in [0.25, 0.3) is 0 Å². The molecule has 4 heteroatoms. The van der Waals surface area contributed by atoms with E-state index in [2.05, 4.69) is 5.32 Å². The molecule has 0 heterocycles. The van der Waals surface area contributed by atoms with Gasteiger partial charge in [-0.05, 0) is 31.0 Å². The van der Waals surface area contributed by atoms with Gasteiger partial charge < -0.3 is 15.8 Å². The summed E-state index contributed by atoms with van der Waals surface area (Å²) < 4.78 is 5.13. The van der Waals surface area contributed by atoms with Crippen LogP contribution in [0.15, 0.2) is 18.2 Å². The van der Waals surface area contributed by atoms with Crippen molar-refractivity contribution in [2.24, 2.45) is 0 Å². The highest BCUT2D eigenvalue weighted by Gasteiger charge is 2.03. The summed E-state index contributed by atoms with van der Waals surface area (Å²) in [5.74, 6) is -0.156. The zero-order chi connectivity index (χ0) is 12.0. The van der Waals surface area contributed by atoms with Crippen LogP contribution in [0.2, 0.25) is 0 Å². The summed E-state index contributed by atoms with van der Waals surface area (Å²) in [6.07, 6.45) is 0.907. The van der Waals surface area contributed by atoms with Crippen molar-refractivity contribution in [2.75, 3.05) is 24.3 Å². The Balaban J connectivity index is 2.46. The molecule has 0 unspecified atom stereocenters. The lowest BCUT2D eigenvalue weighted by atomic mass is 10.2. The number of hydrogen-bond donors (Lipinski definition) is 2. The molecule has 4 nitrogen and oxygen atoms in total. The standard InChI is InChI=1S/C12H18N2O2/c1-3-6-16-8-12(15)14-10-5-4-9(2)11(13)7-10/h4-5,7H,3,6,8,13H2,1-2H3,(H,14,15).